The number of aromatic nitrogens is 2. The molecule has 0 amide bonds. The molecule has 1 saturated carbocycles. The molecule has 0 aromatic carbocycles. The molecule has 0 aliphatic heterocycles. The summed E-state index contributed by atoms with van der Waals surface area (Å²) in [6.07, 6.45) is 8.08. The zero-order valence-corrected chi connectivity index (χ0v) is 9.93. The van der Waals surface area contributed by atoms with Crippen LogP contribution in [0.15, 0.2) is 18.7 Å². The van der Waals surface area contributed by atoms with Crippen LogP contribution in [0.3, 0.4) is 0 Å². The van der Waals surface area contributed by atoms with Crippen molar-refractivity contribution in [3.63, 3.8) is 0 Å². The van der Waals surface area contributed by atoms with Gasteiger partial charge in [0.05, 0.1) is 13.0 Å². The standard InChI is InChI=1S/C12H17N3O2/c1-17-12(16)10-3-2-4-11(10)15-7-9-5-13-8-14-6-9/h5-6,8,10-11,15H,2-4,7H2,1H3. The number of nitrogens with zero attached hydrogens (tertiary/aromatic N) is 2. The third-order valence-corrected chi connectivity index (χ3v) is 3.20. The molecule has 1 heterocycles. The van der Waals surface area contributed by atoms with Crippen LogP contribution in [0, 0.1) is 5.92 Å². The molecular formula is C12H17N3O2. The largest absolute Gasteiger partial charge is 0.469 e. The normalized spacial score (nSPS) is 23.6. The summed E-state index contributed by atoms with van der Waals surface area (Å²) in [6, 6.07) is 0.211. The van der Waals surface area contributed by atoms with E-state index in [1.807, 2.05) is 0 Å². The van der Waals surface area contributed by atoms with Gasteiger partial charge < -0.3 is 10.1 Å². The highest BCUT2D eigenvalue weighted by Gasteiger charge is 2.33. The van der Waals surface area contributed by atoms with Crippen molar-refractivity contribution < 1.29 is 9.53 Å². The van der Waals surface area contributed by atoms with Gasteiger partial charge in [-0.2, -0.15) is 0 Å². The number of carbonyl (C=O) groups is 1. The highest BCUT2D eigenvalue weighted by Crippen LogP contribution is 2.26. The molecular weight excluding hydrogens is 218 g/mol. The first-order chi connectivity index (χ1) is 8.31. The van der Waals surface area contributed by atoms with Gasteiger partial charge in [0.1, 0.15) is 6.33 Å². The van der Waals surface area contributed by atoms with E-state index >= 15 is 0 Å². The van der Waals surface area contributed by atoms with Gasteiger partial charge in [0.25, 0.3) is 0 Å². The number of nitrogens with one attached hydrogen (secondary N) is 1. The smallest absolute Gasteiger partial charge is 0.310 e. The predicted octanol–water partition coefficient (Wildman–Crippen LogP) is 0.908. The van der Waals surface area contributed by atoms with Gasteiger partial charge in [0, 0.05) is 30.5 Å². The van der Waals surface area contributed by atoms with E-state index in [0.717, 1.165) is 24.8 Å². The van der Waals surface area contributed by atoms with Crippen molar-refractivity contribution in [1.29, 1.82) is 0 Å². The molecule has 2 unspecified atom stereocenters. The molecule has 1 N–H and O–H groups in total. The molecule has 0 spiro atoms. The summed E-state index contributed by atoms with van der Waals surface area (Å²) < 4.78 is 4.81. The number of hydrogen-bond acceptors (Lipinski definition) is 5. The van der Waals surface area contributed by atoms with Crippen LogP contribution in [0.5, 0.6) is 0 Å². The van der Waals surface area contributed by atoms with Crippen LogP contribution in [-0.2, 0) is 16.1 Å². The second kappa shape index (κ2) is 5.72. The molecule has 1 aromatic heterocycles. The van der Waals surface area contributed by atoms with Gasteiger partial charge >= 0.3 is 5.97 Å². The van der Waals surface area contributed by atoms with E-state index < -0.39 is 0 Å². The Kier molecular flexibility index (Phi) is 4.03. The van der Waals surface area contributed by atoms with Crippen LogP contribution in [0.25, 0.3) is 0 Å². The van der Waals surface area contributed by atoms with E-state index in [9.17, 15) is 4.79 Å². The average Bonchev–Trinajstić information content (AvgIpc) is 2.85. The molecule has 5 heteroatoms. The first-order valence-electron chi connectivity index (χ1n) is 5.86. The van der Waals surface area contributed by atoms with Crippen LogP contribution < -0.4 is 5.32 Å². The third kappa shape index (κ3) is 3.00. The van der Waals surface area contributed by atoms with Crippen molar-refractivity contribution in [2.45, 2.75) is 31.8 Å². The fourth-order valence-corrected chi connectivity index (χ4v) is 2.31. The van der Waals surface area contributed by atoms with Crippen LogP contribution >= 0.6 is 0 Å². The summed E-state index contributed by atoms with van der Waals surface area (Å²) in [6.45, 7) is 0.693. The molecule has 2 atom stereocenters. The Morgan fingerprint density at radius 1 is 1.47 bits per heavy atom. The Morgan fingerprint density at radius 3 is 2.94 bits per heavy atom. The number of carbonyl (C=O) groups excluding carboxylic acids is 1. The Hall–Kier alpha value is -1.49. The number of ether oxygens (including phenoxy) is 1. The maximum atomic E-state index is 11.5. The Balaban J connectivity index is 1.88. The van der Waals surface area contributed by atoms with Crippen molar-refractivity contribution in [3.05, 3.63) is 24.3 Å². The minimum atomic E-state index is -0.107. The van der Waals surface area contributed by atoms with E-state index in [-0.39, 0.29) is 17.9 Å². The van der Waals surface area contributed by atoms with Gasteiger partial charge in [-0.1, -0.05) is 6.42 Å². The average molecular weight is 235 g/mol. The molecule has 1 aliphatic carbocycles. The minimum absolute atomic E-state index is 0.00960. The molecule has 17 heavy (non-hydrogen) atoms. The van der Waals surface area contributed by atoms with E-state index in [4.69, 9.17) is 4.74 Å². The molecule has 0 radical (unpaired) electrons. The number of rotatable bonds is 4. The number of methoxy groups -OCH3 is 1. The topological polar surface area (TPSA) is 64.1 Å². The Bertz CT molecular complexity index is 369. The lowest BCUT2D eigenvalue weighted by Crippen LogP contribution is -2.36. The molecule has 0 saturated heterocycles. The first kappa shape index (κ1) is 12.0. The number of esters is 1. The summed E-state index contributed by atoms with van der Waals surface area (Å²) in [5.41, 5.74) is 1.03. The van der Waals surface area contributed by atoms with Crippen molar-refractivity contribution in [1.82, 2.24) is 15.3 Å². The highest BCUT2D eigenvalue weighted by molar-refractivity contribution is 5.73. The van der Waals surface area contributed by atoms with Gasteiger partial charge in [0.15, 0.2) is 0 Å². The molecule has 1 aliphatic rings. The Morgan fingerprint density at radius 2 is 2.24 bits per heavy atom. The van der Waals surface area contributed by atoms with Crippen LogP contribution in [0.4, 0.5) is 0 Å². The Labute approximate surface area is 101 Å². The molecule has 5 nitrogen and oxygen atoms in total. The maximum Gasteiger partial charge on any atom is 0.310 e. The van der Waals surface area contributed by atoms with Gasteiger partial charge in [-0.25, -0.2) is 9.97 Å². The van der Waals surface area contributed by atoms with Crippen LogP contribution in [0.2, 0.25) is 0 Å². The van der Waals surface area contributed by atoms with Crippen LogP contribution in [0.1, 0.15) is 24.8 Å². The van der Waals surface area contributed by atoms with Crippen molar-refractivity contribution in [2.24, 2.45) is 5.92 Å². The first-order valence-corrected chi connectivity index (χ1v) is 5.86. The summed E-state index contributed by atoms with van der Waals surface area (Å²) in [4.78, 5) is 19.5. The van der Waals surface area contributed by atoms with Crippen LogP contribution in [-0.4, -0.2) is 29.1 Å². The van der Waals surface area contributed by atoms with Gasteiger partial charge in [0.2, 0.25) is 0 Å². The minimum Gasteiger partial charge on any atom is -0.469 e. The van der Waals surface area contributed by atoms with Gasteiger partial charge in [-0.05, 0) is 12.8 Å². The molecule has 1 aromatic rings. The SMILES string of the molecule is COC(=O)C1CCCC1NCc1cncnc1. The van der Waals surface area contributed by atoms with Crippen molar-refractivity contribution in [3.8, 4) is 0 Å². The molecule has 92 valence electrons. The third-order valence-electron chi connectivity index (χ3n) is 3.20. The second-order valence-corrected chi connectivity index (χ2v) is 4.29. The number of hydrogen-bond donors (Lipinski definition) is 1. The zero-order chi connectivity index (χ0) is 12.1. The summed E-state index contributed by atoms with van der Waals surface area (Å²) >= 11 is 0. The highest BCUT2D eigenvalue weighted by atomic mass is 16.5. The van der Waals surface area contributed by atoms with Crippen molar-refractivity contribution >= 4 is 5.97 Å². The lowest BCUT2D eigenvalue weighted by Gasteiger charge is -2.18. The summed E-state index contributed by atoms with van der Waals surface area (Å²) in [7, 11) is 1.45. The monoisotopic (exact) mass is 235 g/mol. The lowest BCUT2D eigenvalue weighted by molar-refractivity contribution is -0.145. The second-order valence-electron chi connectivity index (χ2n) is 4.29. The quantitative estimate of drug-likeness (QED) is 0.786. The van der Waals surface area contributed by atoms with Gasteiger partial charge in [-0.3, -0.25) is 4.79 Å². The van der Waals surface area contributed by atoms with E-state index in [1.165, 1.54) is 13.4 Å². The van der Waals surface area contributed by atoms with Crippen molar-refractivity contribution in [2.75, 3.05) is 7.11 Å². The summed E-state index contributed by atoms with van der Waals surface area (Å²) in [5, 5.41) is 3.38. The van der Waals surface area contributed by atoms with E-state index in [0.29, 0.717) is 6.54 Å². The fourth-order valence-electron chi connectivity index (χ4n) is 2.31. The summed E-state index contributed by atoms with van der Waals surface area (Å²) in [5.74, 6) is -0.117. The molecule has 2 rings (SSSR count). The zero-order valence-electron chi connectivity index (χ0n) is 9.93. The van der Waals surface area contributed by atoms with E-state index in [1.54, 1.807) is 12.4 Å². The fraction of sp³-hybridized carbons (Fsp3) is 0.583. The maximum absolute atomic E-state index is 11.5. The molecule has 0 bridgehead atoms. The van der Waals surface area contributed by atoms with E-state index in [2.05, 4.69) is 15.3 Å². The molecule has 1 fully saturated rings. The van der Waals surface area contributed by atoms with Gasteiger partial charge in [-0.15, -0.1) is 0 Å². The lowest BCUT2D eigenvalue weighted by atomic mass is 10.0. The predicted molar refractivity (Wildman–Crippen MR) is 62.0 cm³/mol.